The first-order chi connectivity index (χ1) is 9.75. The molecule has 20 heavy (non-hydrogen) atoms. The number of halogens is 1. The van der Waals surface area contributed by atoms with E-state index >= 15 is 0 Å². The average molecular weight is 309 g/mol. The lowest BCUT2D eigenvalue weighted by molar-refractivity contribution is 0.207. The van der Waals surface area contributed by atoms with Gasteiger partial charge >= 0.3 is 6.03 Å². The number of urea groups is 1. The molecule has 1 N–H and O–H groups in total. The molecule has 0 spiro atoms. The lowest BCUT2D eigenvalue weighted by Crippen LogP contribution is -2.34. The van der Waals surface area contributed by atoms with Crippen molar-refractivity contribution in [2.24, 2.45) is 0 Å². The van der Waals surface area contributed by atoms with Crippen LogP contribution in [-0.4, -0.2) is 27.7 Å². The average Bonchev–Trinajstić information content (AvgIpc) is 3.09. The van der Waals surface area contributed by atoms with Crippen LogP contribution >= 0.6 is 22.9 Å². The molecular weight excluding hydrogens is 296 g/mol. The lowest BCUT2D eigenvalue weighted by Gasteiger charge is -2.25. The topological polar surface area (TPSA) is 58.1 Å². The summed E-state index contributed by atoms with van der Waals surface area (Å²) in [6, 6.07) is 7.55. The summed E-state index contributed by atoms with van der Waals surface area (Å²) in [7, 11) is 0. The van der Waals surface area contributed by atoms with Crippen LogP contribution in [0.3, 0.4) is 0 Å². The Morgan fingerprint density at radius 2 is 2.30 bits per heavy atom. The SMILES string of the molecule is O=C(Nc1nncs1)N1CCC[C@H]1c1ccccc1Cl. The summed E-state index contributed by atoms with van der Waals surface area (Å²) in [4.78, 5) is 14.1. The number of anilines is 1. The van der Waals surface area contributed by atoms with Crippen LogP contribution in [0.2, 0.25) is 5.02 Å². The standard InChI is InChI=1S/C13H13ClN4OS/c14-10-5-2-1-4-9(10)11-6-3-7-18(11)13(19)16-12-17-15-8-20-12/h1-2,4-5,8,11H,3,6-7H2,(H,16,17,19)/t11-/m0/s1. The highest BCUT2D eigenvalue weighted by Crippen LogP contribution is 2.35. The number of nitrogens with zero attached hydrogens (tertiary/aromatic N) is 3. The number of carbonyl (C=O) groups is 1. The van der Waals surface area contributed by atoms with Crippen LogP contribution in [-0.2, 0) is 0 Å². The molecule has 5 nitrogen and oxygen atoms in total. The molecular formula is C13H13ClN4OS. The van der Waals surface area contributed by atoms with Gasteiger partial charge in [-0.3, -0.25) is 5.32 Å². The fraction of sp³-hybridized carbons (Fsp3) is 0.308. The Bertz CT molecular complexity index is 604. The minimum absolute atomic E-state index is 0.0246. The highest BCUT2D eigenvalue weighted by molar-refractivity contribution is 7.13. The summed E-state index contributed by atoms with van der Waals surface area (Å²) < 4.78 is 0. The van der Waals surface area contributed by atoms with E-state index in [9.17, 15) is 4.79 Å². The molecule has 0 radical (unpaired) electrons. The number of nitrogens with one attached hydrogen (secondary N) is 1. The van der Waals surface area contributed by atoms with Crippen molar-refractivity contribution in [3.8, 4) is 0 Å². The van der Waals surface area contributed by atoms with Gasteiger partial charge < -0.3 is 4.90 Å². The molecule has 0 bridgehead atoms. The van der Waals surface area contributed by atoms with Crippen molar-refractivity contribution in [2.75, 3.05) is 11.9 Å². The minimum atomic E-state index is -0.149. The molecule has 7 heteroatoms. The van der Waals surface area contributed by atoms with E-state index in [0.29, 0.717) is 10.2 Å². The predicted octanol–water partition coefficient (Wildman–Crippen LogP) is 3.56. The maximum absolute atomic E-state index is 12.3. The van der Waals surface area contributed by atoms with Gasteiger partial charge in [0.1, 0.15) is 5.51 Å². The third-order valence-corrected chi connectivity index (χ3v) is 4.30. The van der Waals surface area contributed by atoms with Gasteiger partial charge in [-0.05, 0) is 24.5 Å². The molecule has 1 aromatic heterocycles. The molecule has 2 heterocycles. The van der Waals surface area contributed by atoms with E-state index in [4.69, 9.17) is 11.6 Å². The van der Waals surface area contributed by atoms with Gasteiger partial charge in [0.15, 0.2) is 0 Å². The van der Waals surface area contributed by atoms with Gasteiger partial charge in [-0.2, -0.15) is 0 Å². The molecule has 1 atom stereocenters. The Morgan fingerprint density at radius 3 is 3.05 bits per heavy atom. The number of hydrogen-bond acceptors (Lipinski definition) is 4. The quantitative estimate of drug-likeness (QED) is 0.923. The molecule has 1 aliphatic rings. The fourth-order valence-electron chi connectivity index (χ4n) is 2.47. The van der Waals surface area contributed by atoms with Gasteiger partial charge in [0.2, 0.25) is 5.13 Å². The van der Waals surface area contributed by atoms with Crippen molar-refractivity contribution in [3.63, 3.8) is 0 Å². The molecule has 0 unspecified atom stereocenters. The van der Waals surface area contributed by atoms with Crippen LogP contribution < -0.4 is 5.32 Å². The third kappa shape index (κ3) is 2.62. The van der Waals surface area contributed by atoms with Crippen LogP contribution in [0.1, 0.15) is 24.4 Å². The van der Waals surface area contributed by atoms with Crippen molar-refractivity contribution in [2.45, 2.75) is 18.9 Å². The first kappa shape index (κ1) is 13.3. The van der Waals surface area contributed by atoms with Crippen LogP contribution in [0.4, 0.5) is 9.93 Å². The summed E-state index contributed by atoms with van der Waals surface area (Å²) >= 11 is 7.54. The number of carbonyl (C=O) groups excluding carboxylic acids is 1. The molecule has 0 aliphatic carbocycles. The predicted molar refractivity (Wildman–Crippen MR) is 79.1 cm³/mol. The van der Waals surface area contributed by atoms with Crippen molar-refractivity contribution >= 4 is 34.1 Å². The molecule has 3 rings (SSSR count). The summed E-state index contributed by atoms with van der Waals surface area (Å²) in [5, 5.41) is 11.5. The Kier molecular flexibility index (Phi) is 3.84. The second-order valence-corrected chi connectivity index (χ2v) is 5.79. The molecule has 1 aliphatic heterocycles. The second-order valence-electron chi connectivity index (χ2n) is 4.55. The van der Waals surface area contributed by atoms with E-state index in [0.717, 1.165) is 24.9 Å². The maximum atomic E-state index is 12.3. The highest BCUT2D eigenvalue weighted by atomic mass is 35.5. The summed E-state index contributed by atoms with van der Waals surface area (Å²) in [6.45, 7) is 0.723. The van der Waals surface area contributed by atoms with Crippen LogP contribution in [0.5, 0.6) is 0 Å². The van der Waals surface area contributed by atoms with Gasteiger partial charge in [0.25, 0.3) is 0 Å². The summed E-state index contributed by atoms with van der Waals surface area (Å²) in [5.74, 6) is 0. The second kappa shape index (κ2) is 5.76. The highest BCUT2D eigenvalue weighted by Gasteiger charge is 2.31. The number of hydrogen-bond donors (Lipinski definition) is 1. The first-order valence-electron chi connectivity index (χ1n) is 6.34. The largest absolute Gasteiger partial charge is 0.324 e. The first-order valence-corrected chi connectivity index (χ1v) is 7.59. The molecule has 104 valence electrons. The number of rotatable bonds is 2. The zero-order valence-electron chi connectivity index (χ0n) is 10.6. The van der Waals surface area contributed by atoms with Crippen molar-refractivity contribution in [1.29, 1.82) is 0 Å². The van der Waals surface area contributed by atoms with Crippen LogP contribution in [0.25, 0.3) is 0 Å². The number of aromatic nitrogens is 2. The Labute approximate surface area is 125 Å². The Balaban J connectivity index is 1.79. The van der Waals surface area contributed by atoms with E-state index in [1.165, 1.54) is 11.3 Å². The van der Waals surface area contributed by atoms with E-state index in [2.05, 4.69) is 15.5 Å². The Morgan fingerprint density at radius 1 is 1.45 bits per heavy atom. The van der Waals surface area contributed by atoms with Crippen molar-refractivity contribution in [3.05, 3.63) is 40.4 Å². The zero-order chi connectivity index (χ0) is 13.9. The van der Waals surface area contributed by atoms with Crippen molar-refractivity contribution in [1.82, 2.24) is 15.1 Å². The van der Waals surface area contributed by atoms with E-state index < -0.39 is 0 Å². The Hall–Kier alpha value is -1.66. The van der Waals surface area contributed by atoms with Gasteiger partial charge in [0, 0.05) is 11.6 Å². The molecule has 1 saturated heterocycles. The van der Waals surface area contributed by atoms with Gasteiger partial charge in [-0.25, -0.2) is 4.79 Å². The van der Waals surface area contributed by atoms with Gasteiger partial charge in [0.05, 0.1) is 6.04 Å². The summed E-state index contributed by atoms with van der Waals surface area (Å²) in [6.07, 6.45) is 1.90. The maximum Gasteiger partial charge on any atom is 0.324 e. The summed E-state index contributed by atoms with van der Waals surface area (Å²) in [5.41, 5.74) is 2.59. The minimum Gasteiger partial charge on any atom is -0.317 e. The number of likely N-dealkylation sites (tertiary alicyclic amines) is 1. The zero-order valence-corrected chi connectivity index (χ0v) is 12.2. The molecule has 1 aromatic carbocycles. The molecule has 2 aromatic rings. The third-order valence-electron chi connectivity index (χ3n) is 3.35. The lowest BCUT2D eigenvalue weighted by atomic mass is 10.0. The monoisotopic (exact) mass is 308 g/mol. The van der Waals surface area contributed by atoms with Gasteiger partial charge in [-0.15, -0.1) is 10.2 Å². The molecule has 1 fully saturated rings. The van der Waals surface area contributed by atoms with Gasteiger partial charge in [-0.1, -0.05) is 41.1 Å². The smallest absolute Gasteiger partial charge is 0.317 e. The fourth-order valence-corrected chi connectivity index (χ4v) is 3.17. The molecule has 2 amide bonds. The number of benzene rings is 1. The van der Waals surface area contributed by atoms with E-state index in [1.54, 1.807) is 5.51 Å². The van der Waals surface area contributed by atoms with Crippen LogP contribution in [0, 0.1) is 0 Å². The molecule has 0 saturated carbocycles. The van der Waals surface area contributed by atoms with Crippen molar-refractivity contribution < 1.29 is 4.79 Å². The van der Waals surface area contributed by atoms with E-state index in [-0.39, 0.29) is 12.1 Å². The number of amides is 2. The van der Waals surface area contributed by atoms with Crippen LogP contribution in [0.15, 0.2) is 29.8 Å². The normalized spacial score (nSPS) is 18.2. The van der Waals surface area contributed by atoms with E-state index in [1.807, 2.05) is 29.2 Å².